The van der Waals surface area contributed by atoms with Gasteiger partial charge in [0.15, 0.2) is 0 Å². The van der Waals surface area contributed by atoms with Crippen LogP contribution >= 0.6 is 11.6 Å². The number of rotatable bonds is 4. The summed E-state index contributed by atoms with van der Waals surface area (Å²) in [5.41, 5.74) is 3.00. The lowest BCUT2D eigenvalue weighted by atomic mass is 9.77. The highest BCUT2D eigenvalue weighted by Crippen LogP contribution is 2.38. The number of hydrogen-bond donors (Lipinski definition) is 1. The third-order valence-corrected chi connectivity index (χ3v) is 5.91. The van der Waals surface area contributed by atoms with Gasteiger partial charge in [-0.25, -0.2) is 4.39 Å². The molecule has 144 valence electrons. The van der Waals surface area contributed by atoms with E-state index in [2.05, 4.69) is 10.3 Å². The molecular formula is C23H22ClFN2O. The second-order valence-electron chi connectivity index (χ2n) is 7.45. The van der Waals surface area contributed by atoms with Crippen LogP contribution in [-0.2, 0) is 11.3 Å². The van der Waals surface area contributed by atoms with E-state index >= 15 is 0 Å². The average molecular weight is 397 g/mol. The Labute approximate surface area is 168 Å². The van der Waals surface area contributed by atoms with Gasteiger partial charge in [0.05, 0.1) is 5.52 Å². The van der Waals surface area contributed by atoms with E-state index < -0.39 is 0 Å². The van der Waals surface area contributed by atoms with Gasteiger partial charge in [-0.15, -0.1) is 0 Å². The summed E-state index contributed by atoms with van der Waals surface area (Å²) in [5.74, 6) is 0.247. The Kier molecular flexibility index (Phi) is 5.58. The SMILES string of the molecule is O=C(NCc1ccc(Cl)cc1)C1CCC(c2ccnc3ccc(F)cc23)CC1. The summed E-state index contributed by atoms with van der Waals surface area (Å²) in [6, 6.07) is 14.2. The van der Waals surface area contributed by atoms with Gasteiger partial charge in [-0.2, -0.15) is 0 Å². The second kappa shape index (κ2) is 8.27. The van der Waals surface area contributed by atoms with Crippen LogP contribution < -0.4 is 5.32 Å². The molecule has 4 rings (SSSR count). The van der Waals surface area contributed by atoms with Gasteiger partial charge in [-0.05, 0) is 79.1 Å². The molecule has 0 atom stereocenters. The van der Waals surface area contributed by atoms with Crippen LogP contribution in [0.2, 0.25) is 5.02 Å². The molecule has 1 N–H and O–H groups in total. The highest BCUT2D eigenvalue weighted by Gasteiger charge is 2.27. The number of halogens is 2. The predicted octanol–water partition coefficient (Wildman–Crippen LogP) is 5.62. The zero-order valence-corrected chi connectivity index (χ0v) is 16.3. The molecule has 3 aromatic rings. The lowest BCUT2D eigenvalue weighted by Gasteiger charge is -2.28. The van der Waals surface area contributed by atoms with Gasteiger partial charge >= 0.3 is 0 Å². The number of nitrogens with zero attached hydrogens (tertiary/aromatic N) is 1. The molecule has 1 aliphatic carbocycles. The first-order valence-corrected chi connectivity index (χ1v) is 10.0. The molecule has 0 spiro atoms. The molecule has 28 heavy (non-hydrogen) atoms. The maximum absolute atomic E-state index is 13.7. The Morgan fingerprint density at radius 3 is 2.57 bits per heavy atom. The molecule has 0 unspecified atom stereocenters. The quantitative estimate of drug-likeness (QED) is 0.622. The van der Waals surface area contributed by atoms with Crippen LogP contribution in [0.1, 0.15) is 42.7 Å². The fourth-order valence-electron chi connectivity index (χ4n) is 4.10. The van der Waals surface area contributed by atoms with Crippen molar-refractivity contribution in [3.8, 4) is 0 Å². The predicted molar refractivity (Wildman–Crippen MR) is 110 cm³/mol. The van der Waals surface area contributed by atoms with Gasteiger partial charge in [0.2, 0.25) is 5.91 Å². The second-order valence-corrected chi connectivity index (χ2v) is 7.89. The normalized spacial score (nSPS) is 19.5. The number of amides is 1. The van der Waals surface area contributed by atoms with E-state index in [1.54, 1.807) is 18.3 Å². The van der Waals surface area contributed by atoms with Crippen LogP contribution in [0.3, 0.4) is 0 Å². The minimum Gasteiger partial charge on any atom is -0.352 e. The maximum atomic E-state index is 13.7. The van der Waals surface area contributed by atoms with Crippen LogP contribution in [0, 0.1) is 11.7 Å². The molecule has 1 fully saturated rings. The van der Waals surface area contributed by atoms with Crippen molar-refractivity contribution in [1.29, 1.82) is 0 Å². The lowest BCUT2D eigenvalue weighted by molar-refractivity contribution is -0.126. The molecule has 1 aromatic heterocycles. The molecule has 0 radical (unpaired) electrons. The number of pyridine rings is 1. The molecule has 3 nitrogen and oxygen atoms in total. The van der Waals surface area contributed by atoms with E-state index in [1.807, 2.05) is 30.3 Å². The number of carbonyl (C=O) groups is 1. The zero-order chi connectivity index (χ0) is 19.5. The van der Waals surface area contributed by atoms with Crippen LogP contribution in [0.25, 0.3) is 10.9 Å². The Hall–Kier alpha value is -2.46. The smallest absolute Gasteiger partial charge is 0.223 e. The van der Waals surface area contributed by atoms with Crippen LogP contribution in [0.4, 0.5) is 4.39 Å². The molecule has 1 heterocycles. The summed E-state index contributed by atoms with van der Waals surface area (Å²) in [6.07, 6.45) is 5.33. The Morgan fingerprint density at radius 1 is 1.07 bits per heavy atom. The van der Waals surface area contributed by atoms with Gasteiger partial charge in [0.1, 0.15) is 5.82 Å². The van der Waals surface area contributed by atoms with Gasteiger partial charge in [0.25, 0.3) is 0 Å². The number of carbonyl (C=O) groups excluding carboxylic acids is 1. The fraction of sp³-hybridized carbons (Fsp3) is 0.304. The monoisotopic (exact) mass is 396 g/mol. The Bertz CT molecular complexity index is 982. The van der Waals surface area contributed by atoms with Crippen molar-refractivity contribution >= 4 is 28.4 Å². The Balaban J connectivity index is 1.37. The summed E-state index contributed by atoms with van der Waals surface area (Å²) < 4.78 is 13.7. The van der Waals surface area contributed by atoms with E-state index in [0.717, 1.165) is 47.7 Å². The van der Waals surface area contributed by atoms with Gasteiger partial charge < -0.3 is 5.32 Å². The van der Waals surface area contributed by atoms with E-state index in [4.69, 9.17) is 11.6 Å². The topological polar surface area (TPSA) is 42.0 Å². The van der Waals surface area contributed by atoms with Crippen molar-refractivity contribution in [2.24, 2.45) is 5.92 Å². The molecular weight excluding hydrogens is 375 g/mol. The minimum atomic E-state index is -0.239. The largest absolute Gasteiger partial charge is 0.352 e. The fourth-order valence-corrected chi connectivity index (χ4v) is 4.22. The molecule has 1 aliphatic rings. The molecule has 0 bridgehead atoms. The number of aromatic nitrogens is 1. The highest BCUT2D eigenvalue weighted by molar-refractivity contribution is 6.30. The first kappa shape index (κ1) is 18.9. The first-order chi connectivity index (χ1) is 13.6. The van der Waals surface area contributed by atoms with Crippen molar-refractivity contribution in [1.82, 2.24) is 10.3 Å². The van der Waals surface area contributed by atoms with E-state index in [9.17, 15) is 9.18 Å². The van der Waals surface area contributed by atoms with Gasteiger partial charge in [-0.3, -0.25) is 9.78 Å². The molecule has 0 saturated heterocycles. The molecule has 1 amide bonds. The van der Waals surface area contributed by atoms with Crippen molar-refractivity contribution in [2.75, 3.05) is 0 Å². The van der Waals surface area contributed by atoms with Gasteiger partial charge in [-0.1, -0.05) is 23.7 Å². The van der Waals surface area contributed by atoms with Crippen molar-refractivity contribution in [2.45, 2.75) is 38.1 Å². The summed E-state index contributed by atoms with van der Waals surface area (Å²) >= 11 is 5.89. The number of hydrogen-bond acceptors (Lipinski definition) is 2. The zero-order valence-electron chi connectivity index (χ0n) is 15.5. The number of nitrogens with one attached hydrogen (secondary N) is 1. The van der Waals surface area contributed by atoms with E-state index in [-0.39, 0.29) is 17.6 Å². The summed E-state index contributed by atoms with van der Waals surface area (Å²) in [5, 5.41) is 4.62. The molecule has 0 aliphatic heterocycles. The average Bonchev–Trinajstić information content (AvgIpc) is 2.73. The Morgan fingerprint density at radius 2 is 1.82 bits per heavy atom. The third kappa shape index (κ3) is 4.17. The standard InChI is InChI=1S/C23H22ClFN2O/c24-18-7-1-15(2-8-18)14-27-23(28)17-5-3-16(4-6-17)20-11-12-26-22-10-9-19(25)13-21(20)22/h1-2,7-13,16-17H,3-6,14H2,(H,27,28). The summed E-state index contributed by atoms with van der Waals surface area (Å²) in [7, 11) is 0. The van der Waals surface area contributed by atoms with E-state index in [0.29, 0.717) is 17.5 Å². The third-order valence-electron chi connectivity index (χ3n) is 5.66. The van der Waals surface area contributed by atoms with Crippen LogP contribution in [0.15, 0.2) is 54.7 Å². The minimum absolute atomic E-state index is 0.0355. The van der Waals surface area contributed by atoms with Gasteiger partial charge in [0, 0.05) is 29.1 Å². The van der Waals surface area contributed by atoms with Crippen LogP contribution in [0.5, 0.6) is 0 Å². The van der Waals surface area contributed by atoms with Crippen molar-refractivity contribution < 1.29 is 9.18 Å². The lowest BCUT2D eigenvalue weighted by Crippen LogP contribution is -2.32. The number of benzene rings is 2. The van der Waals surface area contributed by atoms with E-state index in [1.165, 1.54) is 6.07 Å². The van der Waals surface area contributed by atoms with Crippen LogP contribution in [-0.4, -0.2) is 10.9 Å². The molecule has 1 saturated carbocycles. The molecule has 5 heteroatoms. The van der Waals surface area contributed by atoms with Crippen molar-refractivity contribution in [3.63, 3.8) is 0 Å². The highest BCUT2D eigenvalue weighted by atomic mass is 35.5. The summed E-state index contributed by atoms with van der Waals surface area (Å²) in [4.78, 5) is 16.9. The van der Waals surface area contributed by atoms with Crippen molar-refractivity contribution in [3.05, 3.63) is 76.7 Å². The first-order valence-electron chi connectivity index (χ1n) is 9.66. The molecule has 2 aromatic carbocycles. The maximum Gasteiger partial charge on any atom is 0.223 e. The number of fused-ring (bicyclic) bond motifs is 1. The summed E-state index contributed by atoms with van der Waals surface area (Å²) in [6.45, 7) is 0.518.